The van der Waals surface area contributed by atoms with Gasteiger partial charge in [-0.05, 0) is 50.4 Å². The van der Waals surface area contributed by atoms with E-state index in [2.05, 4.69) is 20.2 Å². The summed E-state index contributed by atoms with van der Waals surface area (Å²) in [5.41, 5.74) is 2.03. The Bertz CT molecular complexity index is 1100. The highest BCUT2D eigenvalue weighted by molar-refractivity contribution is 7.89. The van der Waals surface area contributed by atoms with Gasteiger partial charge >= 0.3 is 0 Å². The summed E-state index contributed by atoms with van der Waals surface area (Å²) in [6, 6.07) is 4.98. The van der Waals surface area contributed by atoms with Crippen LogP contribution in [0.4, 0.5) is 5.82 Å². The summed E-state index contributed by atoms with van der Waals surface area (Å²) < 4.78 is 27.7. The fourth-order valence-electron chi connectivity index (χ4n) is 3.79. The monoisotopic (exact) mass is 417 g/mol. The molecule has 4 rings (SSSR count). The van der Waals surface area contributed by atoms with Crippen molar-refractivity contribution in [3.8, 4) is 11.3 Å². The molecule has 0 spiro atoms. The maximum Gasteiger partial charge on any atom is 0.256 e. The molecule has 2 aliphatic rings. The van der Waals surface area contributed by atoms with Crippen molar-refractivity contribution in [2.75, 3.05) is 12.4 Å². The summed E-state index contributed by atoms with van der Waals surface area (Å²) in [6.45, 7) is 3.77. The Kier molecular flexibility index (Phi) is 4.70. The second-order valence-corrected chi connectivity index (χ2v) is 9.43. The smallest absolute Gasteiger partial charge is 0.256 e. The molecule has 1 aromatic heterocycles. The topological polar surface area (TPSA) is 124 Å². The standard InChI is InChI=1S/C19H23N5O4S/c1-10(12-4-5-12)24-9-14-6-13(15-8-17(23-22-15)21-11(2)25)7-16(18(14)19(24)26)29(27,28)20-3/h6-8,10,12,20H,4-5,9H2,1-3H3,(H2,21,22,23,25). The first-order valence-electron chi connectivity index (χ1n) is 9.46. The molecule has 154 valence electrons. The molecule has 0 bridgehead atoms. The summed E-state index contributed by atoms with van der Waals surface area (Å²) in [7, 11) is -2.53. The van der Waals surface area contributed by atoms with E-state index in [1.807, 2.05) is 13.0 Å². The van der Waals surface area contributed by atoms with Gasteiger partial charge in [0.05, 0.1) is 16.2 Å². The van der Waals surface area contributed by atoms with Crippen molar-refractivity contribution < 1.29 is 18.0 Å². The van der Waals surface area contributed by atoms with Gasteiger partial charge in [0, 0.05) is 31.1 Å². The lowest BCUT2D eigenvalue weighted by Gasteiger charge is -2.24. The Morgan fingerprint density at radius 1 is 1.31 bits per heavy atom. The van der Waals surface area contributed by atoms with E-state index in [1.165, 1.54) is 20.0 Å². The number of aromatic amines is 1. The lowest BCUT2D eigenvalue weighted by atomic mass is 10.0. The van der Waals surface area contributed by atoms with Crippen molar-refractivity contribution >= 4 is 27.7 Å². The molecule has 2 aromatic rings. The molecule has 1 fully saturated rings. The van der Waals surface area contributed by atoms with Crippen LogP contribution in [0.15, 0.2) is 23.1 Å². The van der Waals surface area contributed by atoms with Crippen molar-refractivity contribution in [3.05, 3.63) is 29.3 Å². The fraction of sp³-hybridized carbons (Fsp3) is 0.421. The van der Waals surface area contributed by atoms with Gasteiger partial charge in [-0.1, -0.05) is 0 Å². The zero-order valence-corrected chi connectivity index (χ0v) is 17.3. The third kappa shape index (κ3) is 3.53. The second kappa shape index (κ2) is 6.96. The Labute approximate surface area is 168 Å². The molecule has 0 radical (unpaired) electrons. The number of nitrogens with zero attached hydrogens (tertiary/aromatic N) is 2. The van der Waals surface area contributed by atoms with Gasteiger partial charge in [-0.3, -0.25) is 14.7 Å². The zero-order chi connectivity index (χ0) is 20.9. The minimum absolute atomic E-state index is 0.0429. The van der Waals surface area contributed by atoms with Crippen LogP contribution < -0.4 is 10.0 Å². The van der Waals surface area contributed by atoms with E-state index < -0.39 is 10.0 Å². The maximum absolute atomic E-state index is 13.1. The van der Waals surface area contributed by atoms with Crippen LogP contribution in [0.5, 0.6) is 0 Å². The highest BCUT2D eigenvalue weighted by Crippen LogP contribution is 2.40. The minimum Gasteiger partial charge on any atom is -0.331 e. The van der Waals surface area contributed by atoms with Crippen molar-refractivity contribution in [1.82, 2.24) is 19.8 Å². The maximum atomic E-state index is 13.1. The number of fused-ring (bicyclic) bond motifs is 1. The largest absolute Gasteiger partial charge is 0.331 e. The lowest BCUT2D eigenvalue weighted by molar-refractivity contribution is -0.114. The van der Waals surface area contributed by atoms with E-state index in [-0.39, 0.29) is 28.3 Å². The highest BCUT2D eigenvalue weighted by atomic mass is 32.2. The first-order chi connectivity index (χ1) is 13.7. The van der Waals surface area contributed by atoms with Gasteiger partial charge < -0.3 is 10.2 Å². The summed E-state index contributed by atoms with van der Waals surface area (Å²) in [6.07, 6.45) is 2.18. The van der Waals surface area contributed by atoms with Crippen molar-refractivity contribution in [3.63, 3.8) is 0 Å². The van der Waals surface area contributed by atoms with Crippen LogP contribution in [0.2, 0.25) is 0 Å². The van der Waals surface area contributed by atoms with Crippen LogP contribution in [0.1, 0.15) is 42.6 Å². The molecular weight excluding hydrogens is 394 g/mol. The van der Waals surface area contributed by atoms with Gasteiger partial charge in [-0.25, -0.2) is 13.1 Å². The molecule has 1 saturated carbocycles. The molecule has 2 heterocycles. The highest BCUT2D eigenvalue weighted by Gasteiger charge is 2.41. The Morgan fingerprint density at radius 3 is 2.66 bits per heavy atom. The molecular formula is C19H23N5O4S. The van der Waals surface area contributed by atoms with Crippen LogP contribution >= 0.6 is 0 Å². The SMILES string of the molecule is CNS(=O)(=O)c1cc(-c2cc(NC(C)=O)n[nH]2)cc2c1C(=O)N(C(C)C1CC1)C2. The molecule has 9 nitrogen and oxygen atoms in total. The van der Waals surface area contributed by atoms with Crippen LogP contribution in [-0.2, 0) is 21.4 Å². The Morgan fingerprint density at radius 2 is 2.03 bits per heavy atom. The molecule has 1 aliphatic carbocycles. The average Bonchev–Trinajstić information content (AvgIpc) is 3.34. The van der Waals surface area contributed by atoms with E-state index in [1.54, 1.807) is 11.0 Å². The number of H-pyrrole nitrogens is 1. The first kappa shape index (κ1) is 19.6. The molecule has 2 amide bonds. The van der Waals surface area contributed by atoms with E-state index in [0.717, 1.165) is 12.8 Å². The summed E-state index contributed by atoms with van der Waals surface area (Å²) in [5, 5.41) is 9.42. The predicted molar refractivity (Wildman–Crippen MR) is 107 cm³/mol. The van der Waals surface area contributed by atoms with Crippen molar-refractivity contribution in [2.24, 2.45) is 5.92 Å². The number of amides is 2. The second-order valence-electron chi connectivity index (χ2n) is 7.58. The molecule has 1 aliphatic heterocycles. The zero-order valence-electron chi connectivity index (χ0n) is 16.4. The third-order valence-electron chi connectivity index (χ3n) is 5.55. The fourth-order valence-corrected chi connectivity index (χ4v) is 4.78. The number of rotatable bonds is 6. The van der Waals surface area contributed by atoms with E-state index in [9.17, 15) is 18.0 Å². The number of sulfonamides is 1. The predicted octanol–water partition coefficient (Wildman–Crippen LogP) is 1.70. The number of anilines is 1. The van der Waals surface area contributed by atoms with Crippen LogP contribution in [0, 0.1) is 5.92 Å². The number of carbonyl (C=O) groups excluding carboxylic acids is 2. The van der Waals surface area contributed by atoms with Gasteiger partial charge in [0.15, 0.2) is 5.82 Å². The molecule has 29 heavy (non-hydrogen) atoms. The Hall–Kier alpha value is -2.72. The third-order valence-corrected chi connectivity index (χ3v) is 6.98. The number of hydrogen-bond donors (Lipinski definition) is 3. The van der Waals surface area contributed by atoms with Gasteiger partial charge in [0.1, 0.15) is 0 Å². The lowest BCUT2D eigenvalue weighted by Crippen LogP contribution is -2.35. The average molecular weight is 417 g/mol. The molecule has 1 unspecified atom stereocenters. The molecule has 0 saturated heterocycles. The van der Waals surface area contributed by atoms with Crippen LogP contribution in [0.25, 0.3) is 11.3 Å². The van der Waals surface area contributed by atoms with Crippen LogP contribution in [0.3, 0.4) is 0 Å². The molecule has 3 N–H and O–H groups in total. The molecule has 1 aromatic carbocycles. The van der Waals surface area contributed by atoms with Gasteiger partial charge in [0.2, 0.25) is 15.9 Å². The van der Waals surface area contributed by atoms with Gasteiger partial charge in [-0.2, -0.15) is 5.10 Å². The molecule has 1 atom stereocenters. The summed E-state index contributed by atoms with van der Waals surface area (Å²) >= 11 is 0. The summed E-state index contributed by atoms with van der Waals surface area (Å²) in [5.74, 6) is 0.310. The number of carbonyl (C=O) groups is 2. The number of nitrogens with one attached hydrogen (secondary N) is 3. The number of aromatic nitrogens is 2. The Balaban J connectivity index is 1.80. The van der Waals surface area contributed by atoms with E-state index >= 15 is 0 Å². The number of benzene rings is 1. The normalized spacial score (nSPS) is 17.3. The van der Waals surface area contributed by atoms with E-state index in [0.29, 0.717) is 35.1 Å². The van der Waals surface area contributed by atoms with Gasteiger partial charge in [-0.15, -0.1) is 0 Å². The number of hydrogen-bond acceptors (Lipinski definition) is 5. The van der Waals surface area contributed by atoms with Crippen LogP contribution in [-0.4, -0.2) is 48.4 Å². The van der Waals surface area contributed by atoms with Crippen molar-refractivity contribution in [1.29, 1.82) is 0 Å². The minimum atomic E-state index is -3.85. The van der Waals surface area contributed by atoms with E-state index in [4.69, 9.17) is 0 Å². The quantitative estimate of drug-likeness (QED) is 0.660. The molecule has 10 heteroatoms. The van der Waals surface area contributed by atoms with Crippen molar-refractivity contribution in [2.45, 2.75) is 44.2 Å². The van der Waals surface area contributed by atoms with Gasteiger partial charge in [0.25, 0.3) is 5.91 Å². The first-order valence-corrected chi connectivity index (χ1v) is 10.9. The summed E-state index contributed by atoms with van der Waals surface area (Å²) in [4.78, 5) is 26.0.